The molecule has 4 heteroatoms. The zero-order chi connectivity index (χ0) is 11.0. The number of hydrogen-bond acceptors (Lipinski definition) is 3. The van der Waals surface area contributed by atoms with Gasteiger partial charge in [-0.25, -0.2) is 0 Å². The maximum atomic E-state index is 11.9. The third-order valence-electron chi connectivity index (χ3n) is 4.04. The second-order valence-electron chi connectivity index (χ2n) is 5.32. The lowest BCUT2D eigenvalue weighted by atomic mass is 9.99. The minimum absolute atomic E-state index is 0.115. The van der Waals surface area contributed by atoms with Gasteiger partial charge in [0.05, 0.1) is 0 Å². The molecule has 3 aliphatic heterocycles. The summed E-state index contributed by atoms with van der Waals surface area (Å²) in [4.78, 5) is 11.9. The fraction of sp³-hybridized carbons (Fsp3) is 0.917. The van der Waals surface area contributed by atoms with E-state index in [9.17, 15) is 4.79 Å². The van der Waals surface area contributed by atoms with Crippen molar-refractivity contribution in [1.29, 1.82) is 0 Å². The summed E-state index contributed by atoms with van der Waals surface area (Å²) in [5.74, 6) is 0.115. The third-order valence-corrected chi connectivity index (χ3v) is 4.04. The van der Waals surface area contributed by atoms with Crippen LogP contribution in [0.2, 0.25) is 0 Å². The molecule has 90 valence electrons. The van der Waals surface area contributed by atoms with Gasteiger partial charge in [0.2, 0.25) is 5.91 Å². The number of carbonyl (C=O) groups is 1. The Bertz CT molecular complexity index is 264. The van der Waals surface area contributed by atoms with E-state index in [1.54, 1.807) is 0 Å². The molecule has 0 aromatic carbocycles. The number of carbonyl (C=O) groups excluding carboxylic acids is 1. The molecular formula is C12H20N2O2. The van der Waals surface area contributed by atoms with Gasteiger partial charge in [-0.1, -0.05) is 0 Å². The Morgan fingerprint density at radius 2 is 1.94 bits per heavy atom. The Labute approximate surface area is 96.1 Å². The van der Waals surface area contributed by atoms with Crippen LogP contribution in [-0.2, 0) is 9.53 Å². The lowest BCUT2D eigenvalue weighted by Gasteiger charge is -2.30. The maximum absolute atomic E-state index is 11.9. The summed E-state index contributed by atoms with van der Waals surface area (Å²) >= 11 is 0. The molecule has 1 amide bonds. The normalized spacial score (nSPS) is 42.2. The Balaban J connectivity index is 1.52. The number of nitrogens with one attached hydrogen (secondary N) is 2. The van der Waals surface area contributed by atoms with E-state index >= 15 is 0 Å². The van der Waals surface area contributed by atoms with E-state index in [-0.39, 0.29) is 12.0 Å². The highest BCUT2D eigenvalue weighted by atomic mass is 16.5. The molecule has 3 heterocycles. The van der Waals surface area contributed by atoms with Crippen molar-refractivity contribution in [3.8, 4) is 0 Å². The third kappa shape index (κ3) is 2.09. The highest BCUT2D eigenvalue weighted by Crippen LogP contribution is 2.27. The van der Waals surface area contributed by atoms with Crippen LogP contribution in [0.5, 0.6) is 0 Å². The molecule has 16 heavy (non-hydrogen) atoms. The van der Waals surface area contributed by atoms with Gasteiger partial charge < -0.3 is 15.4 Å². The van der Waals surface area contributed by atoms with Crippen LogP contribution in [0.4, 0.5) is 0 Å². The van der Waals surface area contributed by atoms with Crippen LogP contribution in [0.25, 0.3) is 0 Å². The molecule has 0 aromatic rings. The fourth-order valence-corrected chi connectivity index (χ4v) is 3.25. The van der Waals surface area contributed by atoms with Crippen molar-refractivity contribution in [2.45, 2.75) is 62.8 Å². The maximum Gasteiger partial charge on any atom is 0.249 e. The molecule has 2 unspecified atom stereocenters. The van der Waals surface area contributed by atoms with Gasteiger partial charge in [0.1, 0.15) is 6.10 Å². The molecule has 2 N–H and O–H groups in total. The number of rotatable bonds is 2. The highest BCUT2D eigenvalue weighted by molar-refractivity contribution is 5.81. The van der Waals surface area contributed by atoms with E-state index in [1.807, 2.05) is 0 Å². The zero-order valence-electron chi connectivity index (χ0n) is 9.58. The molecule has 3 aliphatic rings. The van der Waals surface area contributed by atoms with Crippen molar-refractivity contribution in [2.75, 3.05) is 6.61 Å². The molecule has 0 aromatic heterocycles. The van der Waals surface area contributed by atoms with Crippen LogP contribution in [0.3, 0.4) is 0 Å². The molecule has 0 saturated carbocycles. The molecule has 4 nitrogen and oxygen atoms in total. The number of piperidine rings is 1. The summed E-state index contributed by atoms with van der Waals surface area (Å²) in [5, 5.41) is 6.74. The number of ether oxygens (including phenoxy) is 1. The van der Waals surface area contributed by atoms with Crippen molar-refractivity contribution < 1.29 is 9.53 Å². The van der Waals surface area contributed by atoms with E-state index in [2.05, 4.69) is 10.6 Å². The molecule has 0 radical (unpaired) electrons. The average molecular weight is 224 g/mol. The smallest absolute Gasteiger partial charge is 0.249 e. The Morgan fingerprint density at radius 1 is 1.19 bits per heavy atom. The van der Waals surface area contributed by atoms with E-state index in [0.29, 0.717) is 18.1 Å². The van der Waals surface area contributed by atoms with Crippen molar-refractivity contribution in [3.05, 3.63) is 0 Å². The van der Waals surface area contributed by atoms with Gasteiger partial charge in [0.15, 0.2) is 0 Å². The van der Waals surface area contributed by atoms with Gasteiger partial charge in [0, 0.05) is 24.7 Å². The van der Waals surface area contributed by atoms with Crippen LogP contribution in [0.15, 0.2) is 0 Å². The SMILES string of the molecule is O=C(NC1CC2CCC(C1)N2)[C@H]1CCCO1. The largest absolute Gasteiger partial charge is 0.368 e. The molecule has 3 atom stereocenters. The quantitative estimate of drug-likeness (QED) is 0.721. The van der Waals surface area contributed by atoms with Gasteiger partial charge in [0.25, 0.3) is 0 Å². The summed E-state index contributed by atoms with van der Waals surface area (Å²) in [7, 11) is 0. The topological polar surface area (TPSA) is 50.4 Å². The van der Waals surface area contributed by atoms with Gasteiger partial charge >= 0.3 is 0 Å². The van der Waals surface area contributed by atoms with Gasteiger partial charge in [-0.15, -0.1) is 0 Å². The second-order valence-corrected chi connectivity index (χ2v) is 5.32. The molecule has 3 rings (SSSR count). The number of fused-ring (bicyclic) bond motifs is 2. The first-order valence-corrected chi connectivity index (χ1v) is 6.49. The molecular weight excluding hydrogens is 204 g/mol. The predicted molar refractivity (Wildman–Crippen MR) is 60.1 cm³/mol. The predicted octanol–water partition coefficient (Wildman–Crippen LogP) is 0.565. The molecule has 2 bridgehead atoms. The second kappa shape index (κ2) is 4.34. The van der Waals surface area contributed by atoms with Crippen LogP contribution in [-0.4, -0.2) is 36.7 Å². The van der Waals surface area contributed by atoms with E-state index in [0.717, 1.165) is 32.3 Å². The summed E-state index contributed by atoms with van der Waals surface area (Å²) in [6.07, 6.45) is 6.48. The number of amides is 1. The van der Waals surface area contributed by atoms with Crippen molar-refractivity contribution in [2.24, 2.45) is 0 Å². The first-order valence-electron chi connectivity index (χ1n) is 6.49. The Hall–Kier alpha value is -0.610. The monoisotopic (exact) mass is 224 g/mol. The standard InChI is InChI=1S/C12H20N2O2/c15-12(11-2-1-5-16-11)14-10-6-8-3-4-9(7-10)13-8/h8-11,13H,1-7H2,(H,14,15)/t8?,9?,10?,11-/m1/s1. The van der Waals surface area contributed by atoms with Crippen molar-refractivity contribution in [3.63, 3.8) is 0 Å². The van der Waals surface area contributed by atoms with Crippen LogP contribution >= 0.6 is 0 Å². The lowest BCUT2D eigenvalue weighted by molar-refractivity contribution is -0.131. The molecule has 0 spiro atoms. The van der Waals surface area contributed by atoms with E-state index < -0.39 is 0 Å². The van der Waals surface area contributed by atoms with E-state index in [4.69, 9.17) is 4.74 Å². The van der Waals surface area contributed by atoms with Crippen molar-refractivity contribution in [1.82, 2.24) is 10.6 Å². The first kappa shape index (κ1) is 10.5. The first-order chi connectivity index (χ1) is 7.81. The van der Waals surface area contributed by atoms with Gasteiger partial charge in [-0.05, 0) is 38.5 Å². The Morgan fingerprint density at radius 3 is 2.56 bits per heavy atom. The minimum atomic E-state index is -0.174. The minimum Gasteiger partial charge on any atom is -0.368 e. The van der Waals surface area contributed by atoms with Gasteiger partial charge in [-0.3, -0.25) is 4.79 Å². The van der Waals surface area contributed by atoms with Gasteiger partial charge in [-0.2, -0.15) is 0 Å². The Kier molecular flexibility index (Phi) is 2.86. The molecule has 3 saturated heterocycles. The van der Waals surface area contributed by atoms with Crippen LogP contribution in [0.1, 0.15) is 38.5 Å². The summed E-state index contributed by atoms with van der Waals surface area (Å²) < 4.78 is 5.40. The number of hydrogen-bond donors (Lipinski definition) is 2. The zero-order valence-corrected chi connectivity index (χ0v) is 9.58. The fourth-order valence-electron chi connectivity index (χ4n) is 3.25. The van der Waals surface area contributed by atoms with E-state index in [1.165, 1.54) is 12.8 Å². The lowest BCUT2D eigenvalue weighted by Crippen LogP contribution is -2.50. The van der Waals surface area contributed by atoms with Crippen LogP contribution < -0.4 is 10.6 Å². The summed E-state index contributed by atoms with van der Waals surface area (Å²) in [6.45, 7) is 0.746. The van der Waals surface area contributed by atoms with Crippen LogP contribution in [0, 0.1) is 0 Å². The van der Waals surface area contributed by atoms with Crippen molar-refractivity contribution >= 4 is 5.91 Å². The highest BCUT2D eigenvalue weighted by Gasteiger charge is 2.35. The summed E-state index contributed by atoms with van der Waals surface area (Å²) in [5.41, 5.74) is 0. The molecule has 0 aliphatic carbocycles. The molecule has 3 fully saturated rings. The average Bonchev–Trinajstić information content (AvgIpc) is 2.88. The summed E-state index contributed by atoms with van der Waals surface area (Å²) in [6, 6.07) is 1.64.